The van der Waals surface area contributed by atoms with Gasteiger partial charge in [0.25, 0.3) is 5.91 Å². The SMILES string of the molecule is COc1ccc(C(=O)Nc2cc(-c3cnc(OC)nc3OC)ccc2N)cc1. The van der Waals surface area contributed by atoms with E-state index in [2.05, 4.69) is 15.3 Å². The Kier molecular flexibility index (Phi) is 5.59. The first-order valence-electron chi connectivity index (χ1n) is 8.36. The highest BCUT2D eigenvalue weighted by atomic mass is 16.5. The second kappa shape index (κ2) is 8.26. The molecule has 3 rings (SSSR count). The number of aromatic nitrogens is 2. The number of hydrogen-bond donors (Lipinski definition) is 2. The van der Waals surface area contributed by atoms with Crippen molar-refractivity contribution in [3.8, 4) is 28.8 Å². The van der Waals surface area contributed by atoms with Crippen LogP contribution in [0.5, 0.6) is 17.6 Å². The predicted octanol–water partition coefficient (Wildman–Crippen LogP) is 3.00. The summed E-state index contributed by atoms with van der Waals surface area (Å²) < 4.78 is 15.4. The maximum atomic E-state index is 12.5. The Morgan fingerprint density at radius 2 is 1.75 bits per heavy atom. The zero-order valence-electron chi connectivity index (χ0n) is 15.7. The minimum Gasteiger partial charge on any atom is -0.497 e. The summed E-state index contributed by atoms with van der Waals surface area (Å²) in [4.78, 5) is 20.8. The molecule has 0 unspecified atom stereocenters. The lowest BCUT2D eigenvalue weighted by Gasteiger charge is -2.12. The predicted molar refractivity (Wildman–Crippen MR) is 106 cm³/mol. The molecule has 0 bridgehead atoms. The van der Waals surface area contributed by atoms with Crippen LogP contribution >= 0.6 is 0 Å². The average Bonchev–Trinajstić information content (AvgIpc) is 2.74. The van der Waals surface area contributed by atoms with Gasteiger partial charge in [-0.3, -0.25) is 4.79 Å². The van der Waals surface area contributed by atoms with E-state index in [1.165, 1.54) is 14.2 Å². The van der Waals surface area contributed by atoms with Gasteiger partial charge in [0.05, 0.1) is 38.3 Å². The summed E-state index contributed by atoms with van der Waals surface area (Å²) in [5.74, 6) is 0.734. The summed E-state index contributed by atoms with van der Waals surface area (Å²) in [6.07, 6.45) is 1.59. The zero-order valence-corrected chi connectivity index (χ0v) is 15.7. The van der Waals surface area contributed by atoms with E-state index < -0.39 is 0 Å². The van der Waals surface area contributed by atoms with Crippen LogP contribution in [-0.2, 0) is 0 Å². The van der Waals surface area contributed by atoms with Crippen LogP contribution in [0.15, 0.2) is 48.7 Å². The Balaban J connectivity index is 1.90. The first-order valence-corrected chi connectivity index (χ1v) is 8.36. The third-order valence-electron chi connectivity index (χ3n) is 4.07. The first-order chi connectivity index (χ1) is 13.5. The van der Waals surface area contributed by atoms with Crippen LogP contribution in [0.2, 0.25) is 0 Å². The molecule has 0 aliphatic rings. The van der Waals surface area contributed by atoms with Crippen LogP contribution in [0.3, 0.4) is 0 Å². The molecular weight excluding hydrogens is 360 g/mol. The summed E-state index contributed by atoms with van der Waals surface area (Å²) in [7, 11) is 4.55. The van der Waals surface area contributed by atoms with E-state index in [9.17, 15) is 4.79 Å². The van der Waals surface area contributed by atoms with Crippen molar-refractivity contribution in [3.05, 3.63) is 54.2 Å². The van der Waals surface area contributed by atoms with Crippen LogP contribution in [-0.4, -0.2) is 37.2 Å². The van der Waals surface area contributed by atoms with Crippen LogP contribution in [0.4, 0.5) is 11.4 Å². The normalized spacial score (nSPS) is 10.2. The highest BCUT2D eigenvalue weighted by Gasteiger charge is 2.14. The van der Waals surface area contributed by atoms with E-state index >= 15 is 0 Å². The third-order valence-corrected chi connectivity index (χ3v) is 4.07. The largest absolute Gasteiger partial charge is 0.497 e. The van der Waals surface area contributed by atoms with Crippen molar-refractivity contribution < 1.29 is 19.0 Å². The molecule has 1 aromatic heterocycles. The molecular formula is C20H20N4O4. The van der Waals surface area contributed by atoms with Crippen molar-refractivity contribution in [2.45, 2.75) is 0 Å². The summed E-state index contributed by atoms with van der Waals surface area (Å²) in [6.45, 7) is 0. The molecule has 144 valence electrons. The van der Waals surface area contributed by atoms with Crippen LogP contribution in [0.1, 0.15) is 10.4 Å². The summed E-state index contributed by atoms with van der Waals surface area (Å²) in [5, 5.41) is 2.82. The first kappa shape index (κ1) is 19.0. The number of hydrogen-bond acceptors (Lipinski definition) is 7. The number of nitrogens with one attached hydrogen (secondary N) is 1. The lowest BCUT2D eigenvalue weighted by molar-refractivity contribution is 0.102. The van der Waals surface area contributed by atoms with Crippen molar-refractivity contribution in [2.24, 2.45) is 0 Å². The van der Waals surface area contributed by atoms with Gasteiger partial charge in [-0.05, 0) is 42.0 Å². The standard InChI is InChI=1S/C20H20N4O4/c1-26-14-7-4-12(5-8-14)18(25)23-17-10-13(6-9-16(17)21)15-11-22-20(28-3)24-19(15)27-2/h4-11H,21H2,1-3H3,(H,23,25). The summed E-state index contributed by atoms with van der Waals surface area (Å²) >= 11 is 0. The number of methoxy groups -OCH3 is 3. The van der Waals surface area contributed by atoms with E-state index in [1.54, 1.807) is 55.8 Å². The molecule has 1 heterocycles. The molecule has 0 saturated heterocycles. The molecule has 0 spiro atoms. The Bertz CT molecular complexity index is 990. The molecule has 8 heteroatoms. The van der Waals surface area contributed by atoms with Crippen LogP contribution in [0.25, 0.3) is 11.1 Å². The maximum Gasteiger partial charge on any atom is 0.319 e. The highest BCUT2D eigenvalue weighted by molar-refractivity contribution is 6.06. The minimum atomic E-state index is -0.288. The van der Waals surface area contributed by atoms with E-state index in [4.69, 9.17) is 19.9 Å². The summed E-state index contributed by atoms with van der Waals surface area (Å²) in [6, 6.07) is 12.2. The second-order valence-electron chi connectivity index (χ2n) is 5.76. The van der Waals surface area contributed by atoms with Crippen molar-refractivity contribution in [1.29, 1.82) is 0 Å². The number of amides is 1. The average molecular weight is 380 g/mol. The summed E-state index contributed by atoms with van der Waals surface area (Å²) in [5.41, 5.74) is 8.80. The fourth-order valence-electron chi connectivity index (χ4n) is 2.57. The van der Waals surface area contributed by atoms with Gasteiger partial charge in [-0.1, -0.05) is 6.07 Å². The van der Waals surface area contributed by atoms with Crippen molar-refractivity contribution >= 4 is 17.3 Å². The Morgan fingerprint density at radius 1 is 1.00 bits per heavy atom. The van der Waals surface area contributed by atoms with E-state index in [-0.39, 0.29) is 11.9 Å². The molecule has 0 saturated carbocycles. The van der Waals surface area contributed by atoms with Gasteiger partial charge >= 0.3 is 6.01 Å². The van der Waals surface area contributed by atoms with Crippen molar-refractivity contribution in [2.75, 3.05) is 32.4 Å². The Labute approximate surface area is 162 Å². The molecule has 28 heavy (non-hydrogen) atoms. The molecule has 0 aliphatic heterocycles. The fraction of sp³-hybridized carbons (Fsp3) is 0.150. The van der Waals surface area contributed by atoms with E-state index in [1.807, 2.05) is 0 Å². The topological polar surface area (TPSA) is 109 Å². The van der Waals surface area contributed by atoms with Gasteiger partial charge in [-0.2, -0.15) is 4.98 Å². The van der Waals surface area contributed by atoms with Gasteiger partial charge in [0.15, 0.2) is 0 Å². The minimum absolute atomic E-state index is 0.198. The van der Waals surface area contributed by atoms with Crippen LogP contribution in [0, 0.1) is 0 Å². The van der Waals surface area contributed by atoms with Crippen molar-refractivity contribution in [3.63, 3.8) is 0 Å². The van der Waals surface area contributed by atoms with E-state index in [0.717, 1.165) is 5.56 Å². The van der Waals surface area contributed by atoms with Crippen molar-refractivity contribution in [1.82, 2.24) is 9.97 Å². The number of nitrogen functional groups attached to an aromatic ring is 1. The van der Waals surface area contributed by atoms with Gasteiger partial charge in [-0.25, -0.2) is 4.98 Å². The van der Waals surface area contributed by atoms with Gasteiger partial charge in [0, 0.05) is 11.8 Å². The van der Waals surface area contributed by atoms with Gasteiger partial charge in [0.2, 0.25) is 5.88 Å². The number of benzene rings is 2. The molecule has 0 radical (unpaired) electrons. The van der Waals surface area contributed by atoms with Gasteiger partial charge in [0.1, 0.15) is 5.75 Å². The highest BCUT2D eigenvalue weighted by Crippen LogP contribution is 2.33. The Morgan fingerprint density at radius 3 is 2.39 bits per heavy atom. The number of nitrogens with two attached hydrogens (primary N) is 1. The molecule has 2 aromatic carbocycles. The van der Waals surface area contributed by atoms with Crippen LogP contribution < -0.4 is 25.3 Å². The molecule has 0 atom stereocenters. The zero-order chi connectivity index (χ0) is 20.1. The number of carbonyl (C=O) groups is 1. The maximum absolute atomic E-state index is 12.5. The Hall–Kier alpha value is -3.81. The van der Waals surface area contributed by atoms with Gasteiger partial charge in [-0.15, -0.1) is 0 Å². The second-order valence-corrected chi connectivity index (χ2v) is 5.76. The van der Waals surface area contributed by atoms with Gasteiger partial charge < -0.3 is 25.3 Å². The van der Waals surface area contributed by atoms with E-state index in [0.29, 0.717) is 34.1 Å². The monoisotopic (exact) mass is 380 g/mol. The molecule has 8 nitrogen and oxygen atoms in total. The number of rotatable bonds is 6. The smallest absolute Gasteiger partial charge is 0.319 e. The lowest BCUT2D eigenvalue weighted by Crippen LogP contribution is -2.13. The number of carbonyl (C=O) groups excluding carboxylic acids is 1. The number of ether oxygens (including phenoxy) is 3. The quantitative estimate of drug-likeness (QED) is 0.633. The lowest BCUT2D eigenvalue weighted by atomic mass is 10.1. The molecule has 0 fully saturated rings. The molecule has 0 aliphatic carbocycles. The molecule has 1 amide bonds. The molecule has 3 aromatic rings. The third kappa shape index (κ3) is 3.96. The number of anilines is 2. The number of nitrogens with zero attached hydrogens (tertiary/aromatic N) is 2. The fourth-order valence-corrected chi connectivity index (χ4v) is 2.57. The molecule has 3 N–H and O–H groups in total.